The lowest BCUT2D eigenvalue weighted by atomic mass is 9.82. The van der Waals surface area contributed by atoms with Gasteiger partial charge in [0.2, 0.25) is 0 Å². The van der Waals surface area contributed by atoms with Crippen molar-refractivity contribution in [3.05, 3.63) is 17.5 Å². The van der Waals surface area contributed by atoms with Crippen LogP contribution in [0, 0.1) is 11.3 Å². The van der Waals surface area contributed by atoms with Crippen LogP contribution in [0.15, 0.2) is 6.07 Å². The summed E-state index contributed by atoms with van der Waals surface area (Å²) in [6.45, 7) is 7.60. The summed E-state index contributed by atoms with van der Waals surface area (Å²) in [6.07, 6.45) is 4.79. The number of hydrogen-bond donors (Lipinski definition) is 0. The molecule has 1 aromatic rings. The minimum atomic E-state index is 0.263. The van der Waals surface area contributed by atoms with Gasteiger partial charge in [-0.3, -0.25) is 4.68 Å². The predicted molar refractivity (Wildman–Crippen MR) is 72.5 cm³/mol. The Labute approximate surface area is 109 Å². The van der Waals surface area contributed by atoms with Crippen molar-refractivity contribution >= 4 is 11.6 Å². The second kappa shape index (κ2) is 5.01. The summed E-state index contributed by atoms with van der Waals surface area (Å²) in [5, 5.41) is 4.62. The van der Waals surface area contributed by atoms with Crippen molar-refractivity contribution in [2.45, 2.75) is 53.0 Å². The third-order valence-electron chi connectivity index (χ3n) is 4.03. The molecule has 0 bridgehead atoms. The van der Waals surface area contributed by atoms with E-state index in [9.17, 15) is 0 Å². The Morgan fingerprint density at radius 2 is 2.18 bits per heavy atom. The van der Waals surface area contributed by atoms with Crippen LogP contribution >= 0.6 is 11.6 Å². The van der Waals surface area contributed by atoms with Gasteiger partial charge in [-0.05, 0) is 50.0 Å². The monoisotopic (exact) mass is 254 g/mol. The zero-order chi connectivity index (χ0) is 12.5. The summed E-state index contributed by atoms with van der Waals surface area (Å²) < 4.78 is 2.14. The molecule has 3 heteroatoms. The van der Waals surface area contributed by atoms with Crippen LogP contribution in [0.1, 0.15) is 45.0 Å². The van der Waals surface area contributed by atoms with Crippen molar-refractivity contribution in [2.75, 3.05) is 5.88 Å². The molecule has 0 amide bonds. The van der Waals surface area contributed by atoms with Gasteiger partial charge in [0, 0.05) is 18.1 Å². The predicted octanol–water partition coefficient (Wildman–Crippen LogP) is 3.66. The molecule has 0 aromatic carbocycles. The van der Waals surface area contributed by atoms with Gasteiger partial charge in [0.05, 0.1) is 5.69 Å². The lowest BCUT2D eigenvalue weighted by molar-refractivity contribution is 0.304. The number of aryl methyl sites for hydroxylation is 2. The van der Waals surface area contributed by atoms with E-state index in [-0.39, 0.29) is 5.41 Å². The average molecular weight is 255 g/mol. The summed E-state index contributed by atoms with van der Waals surface area (Å²) >= 11 is 6.20. The minimum Gasteiger partial charge on any atom is -0.270 e. The first-order valence-corrected chi connectivity index (χ1v) is 7.28. The molecule has 1 heterocycles. The maximum atomic E-state index is 6.20. The van der Waals surface area contributed by atoms with Crippen LogP contribution in [0.2, 0.25) is 0 Å². The summed E-state index contributed by atoms with van der Waals surface area (Å²) in [4.78, 5) is 0. The van der Waals surface area contributed by atoms with Crippen molar-refractivity contribution in [1.82, 2.24) is 9.78 Å². The fourth-order valence-corrected chi connectivity index (χ4v) is 2.91. The van der Waals surface area contributed by atoms with Crippen LogP contribution in [0.25, 0.3) is 0 Å². The normalized spacial score (nSPS) is 19.3. The van der Waals surface area contributed by atoms with Gasteiger partial charge >= 0.3 is 0 Å². The van der Waals surface area contributed by atoms with E-state index in [1.807, 2.05) is 0 Å². The van der Waals surface area contributed by atoms with Gasteiger partial charge in [0.1, 0.15) is 0 Å². The van der Waals surface area contributed by atoms with Crippen molar-refractivity contribution < 1.29 is 0 Å². The highest BCUT2D eigenvalue weighted by molar-refractivity contribution is 6.18. The molecule has 1 unspecified atom stereocenters. The first-order chi connectivity index (χ1) is 8.12. The lowest BCUT2D eigenvalue weighted by Crippen LogP contribution is -2.25. The second-order valence-corrected chi connectivity index (χ2v) is 5.80. The fourth-order valence-electron chi connectivity index (χ4n) is 2.60. The molecule has 1 saturated carbocycles. The van der Waals surface area contributed by atoms with Gasteiger partial charge < -0.3 is 0 Å². The molecule has 1 aliphatic rings. The Bertz CT molecular complexity index is 382. The Balaban J connectivity index is 2.18. The van der Waals surface area contributed by atoms with Gasteiger partial charge in [-0.2, -0.15) is 5.10 Å². The van der Waals surface area contributed by atoms with Crippen molar-refractivity contribution in [1.29, 1.82) is 0 Å². The molecule has 1 aromatic heterocycles. The molecule has 1 fully saturated rings. The molecule has 0 N–H and O–H groups in total. The zero-order valence-electron chi connectivity index (χ0n) is 11.2. The van der Waals surface area contributed by atoms with Crippen molar-refractivity contribution in [3.8, 4) is 0 Å². The SMILES string of the molecule is CCc1cc(CC(C)(CCl)C2CC2)n(CC)n1. The van der Waals surface area contributed by atoms with Crippen LogP contribution in [-0.2, 0) is 19.4 Å². The second-order valence-electron chi connectivity index (χ2n) is 5.54. The molecule has 0 spiro atoms. The molecule has 96 valence electrons. The van der Waals surface area contributed by atoms with Crippen LogP contribution in [0.3, 0.4) is 0 Å². The van der Waals surface area contributed by atoms with E-state index >= 15 is 0 Å². The number of halogens is 1. The Kier molecular flexibility index (Phi) is 3.82. The molecule has 0 radical (unpaired) electrons. The Morgan fingerprint density at radius 3 is 2.65 bits per heavy atom. The average Bonchev–Trinajstić information content (AvgIpc) is 3.12. The summed E-state index contributed by atoms with van der Waals surface area (Å²) in [6, 6.07) is 2.26. The highest BCUT2D eigenvalue weighted by Gasteiger charge is 2.41. The molecule has 1 atom stereocenters. The van der Waals surface area contributed by atoms with Crippen LogP contribution in [-0.4, -0.2) is 15.7 Å². The van der Waals surface area contributed by atoms with E-state index in [0.29, 0.717) is 0 Å². The number of alkyl halides is 1. The third kappa shape index (κ3) is 2.67. The molecule has 17 heavy (non-hydrogen) atoms. The maximum absolute atomic E-state index is 6.20. The van der Waals surface area contributed by atoms with E-state index < -0.39 is 0 Å². The summed E-state index contributed by atoms with van der Waals surface area (Å²) in [7, 11) is 0. The molecule has 0 saturated heterocycles. The number of nitrogens with zero attached hydrogens (tertiary/aromatic N) is 2. The Hall–Kier alpha value is -0.500. The standard InChI is InChI=1S/C14H23ClN2/c1-4-12-8-13(17(5-2)16-12)9-14(3,10-15)11-6-7-11/h8,11H,4-7,9-10H2,1-3H3. The lowest BCUT2D eigenvalue weighted by Gasteiger charge is -2.27. The van der Waals surface area contributed by atoms with Crippen LogP contribution in [0.5, 0.6) is 0 Å². The van der Waals surface area contributed by atoms with Gasteiger partial charge in [0.15, 0.2) is 0 Å². The van der Waals surface area contributed by atoms with E-state index in [4.69, 9.17) is 11.6 Å². The van der Waals surface area contributed by atoms with E-state index in [1.54, 1.807) is 0 Å². The van der Waals surface area contributed by atoms with Gasteiger partial charge in [-0.1, -0.05) is 13.8 Å². The van der Waals surface area contributed by atoms with Crippen LogP contribution < -0.4 is 0 Å². The maximum Gasteiger partial charge on any atom is 0.0624 e. The summed E-state index contributed by atoms with van der Waals surface area (Å²) in [5.74, 6) is 1.58. The smallest absolute Gasteiger partial charge is 0.0624 e. The van der Waals surface area contributed by atoms with Crippen molar-refractivity contribution in [3.63, 3.8) is 0 Å². The first kappa shape index (κ1) is 12.9. The largest absolute Gasteiger partial charge is 0.270 e. The van der Waals surface area contributed by atoms with Gasteiger partial charge in [-0.25, -0.2) is 0 Å². The van der Waals surface area contributed by atoms with E-state index in [1.165, 1.54) is 24.2 Å². The highest BCUT2D eigenvalue weighted by atomic mass is 35.5. The minimum absolute atomic E-state index is 0.263. The molecule has 2 nitrogen and oxygen atoms in total. The molecule has 1 aliphatic carbocycles. The molecule has 0 aliphatic heterocycles. The zero-order valence-corrected chi connectivity index (χ0v) is 11.9. The first-order valence-electron chi connectivity index (χ1n) is 6.74. The van der Waals surface area contributed by atoms with Crippen molar-refractivity contribution in [2.24, 2.45) is 11.3 Å². The van der Waals surface area contributed by atoms with Gasteiger partial charge in [-0.15, -0.1) is 11.6 Å². The molecular formula is C14H23ClN2. The van der Waals surface area contributed by atoms with Gasteiger partial charge in [0.25, 0.3) is 0 Å². The topological polar surface area (TPSA) is 17.8 Å². The highest BCUT2D eigenvalue weighted by Crippen LogP contribution is 2.48. The van der Waals surface area contributed by atoms with E-state index in [2.05, 4.69) is 36.6 Å². The number of aromatic nitrogens is 2. The molecular weight excluding hydrogens is 232 g/mol. The third-order valence-corrected chi connectivity index (χ3v) is 4.64. The fraction of sp³-hybridized carbons (Fsp3) is 0.786. The number of hydrogen-bond acceptors (Lipinski definition) is 1. The quantitative estimate of drug-likeness (QED) is 0.709. The number of rotatable bonds is 6. The Morgan fingerprint density at radius 1 is 1.47 bits per heavy atom. The molecule has 2 rings (SSSR count). The van der Waals surface area contributed by atoms with Crippen LogP contribution in [0.4, 0.5) is 0 Å². The summed E-state index contributed by atoms with van der Waals surface area (Å²) in [5.41, 5.74) is 2.83. The van der Waals surface area contributed by atoms with E-state index in [0.717, 1.165) is 31.2 Å².